The van der Waals surface area contributed by atoms with Gasteiger partial charge in [0.05, 0.1) is 54.1 Å². The van der Waals surface area contributed by atoms with Crippen molar-refractivity contribution in [2.75, 3.05) is 48.0 Å². The first-order valence-electron chi connectivity index (χ1n) is 11.8. The maximum absolute atomic E-state index is 13.6. The van der Waals surface area contributed by atoms with E-state index in [0.717, 1.165) is 17.7 Å². The van der Waals surface area contributed by atoms with Crippen LogP contribution in [0, 0.1) is 0 Å². The fourth-order valence-electron chi connectivity index (χ4n) is 4.01. The average molecular weight is 483 g/mol. The third-order valence-electron chi connectivity index (χ3n) is 6.00. The van der Waals surface area contributed by atoms with Crippen LogP contribution in [-0.4, -0.2) is 64.6 Å². The molecule has 1 unspecified atom stereocenters. The van der Waals surface area contributed by atoms with Gasteiger partial charge in [-0.2, -0.15) is 0 Å². The number of nitrogens with zero attached hydrogens (tertiary/aromatic N) is 1. The standard InChI is InChI=1S/C27H34N2O6/c1-6-7-16-35-19-10-8-18(9-11-19)25(30)23-24(21-17-20(33-4)12-13-22(21)34-5)29(15-14-28(2)3)27(32)26(23)31/h8-13,17,24,30H,6-7,14-16H2,1-5H3/b25-23+. The van der Waals surface area contributed by atoms with Gasteiger partial charge in [-0.1, -0.05) is 31.2 Å². The first-order valence-corrected chi connectivity index (χ1v) is 11.8. The second-order valence-corrected chi connectivity index (χ2v) is 8.76. The van der Waals surface area contributed by atoms with Gasteiger partial charge in [0.25, 0.3) is 5.91 Å². The van der Waals surface area contributed by atoms with Crippen LogP contribution in [0.2, 0.25) is 0 Å². The minimum Gasteiger partial charge on any atom is -0.872 e. The molecule has 1 fully saturated rings. The average Bonchev–Trinajstić information content (AvgIpc) is 3.11. The fraction of sp³-hybridized carbons (Fsp3) is 0.407. The van der Waals surface area contributed by atoms with Crippen LogP contribution in [0.3, 0.4) is 0 Å². The summed E-state index contributed by atoms with van der Waals surface area (Å²) in [5, 5.41) is 13.6. The Labute approximate surface area is 206 Å². The van der Waals surface area contributed by atoms with Crippen LogP contribution in [0.1, 0.15) is 36.9 Å². The van der Waals surface area contributed by atoms with E-state index >= 15 is 0 Å². The highest BCUT2D eigenvalue weighted by Crippen LogP contribution is 2.43. The lowest BCUT2D eigenvalue weighted by Crippen LogP contribution is -3.06. The number of unbranched alkanes of at least 4 members (excludes halogenated alkanes) is 1. The number of Topliss-reactive ketones (excluding diaryl/α,β-unsaturated/α-hetero) is 1. The van der Waals surface area contributed by atoms with Gasteiger partial charge < -0.3 is 29.1 Å². The molecule has 8 heteroatoms. The Hall–Kier alpha value is -3.52. The van der Waals surface area contributed by atoms with E-state index in [1.807, 2.05) is 14.1 Å². The van der Waals surface area contributed by atoms with Gasteiger partial charge in [-0.15, -0.1) is 0 Å². The van der Waals surface area contributed by atoms with Crippen molar-refractivity contribution in [2.24, 2.45) is 0 Å². The molecule has 1 atom stereocenters. The molecule has 0 aromatic heterocycles. The van der Waals surface area contributed by atoms with Crippen molar-refractivity contribution in [2.45, 2.75) is 25.8 Å². The third kappa shape index (κ3) is 5.77. The number of nitrogens with one attached hydrogen (secondary N) is 1. The summed E-state index contributed by atoms with van der Waals surface area (Å²) in [6.45, 7) is 3.58. The number of likely N-dealkylation sites (tertiary alicyclic amines) is 1. The maximum atomic E-state index is 13.6. The molecule has 3 rings (SSSR count). The Morgan fingerprint density at radius 2 is 1.71 bits per heavy atom. The second-order valence-electron chi connectivity index (χ2n) is 8.76. The van der Waals surface area contributed by atoms with Gasteiger partial charge in [-0.05, 0) is 42.3 Å². The zero-order valence-corrected chi connectivity index (χ0v) is 21.1. The van der Waals surface area contributed by atoms with E-state index in [2.05, 4.69) is 6.92 Å². The molecule has 0 bridgehead atoms. The number of benzene rings is 2. The van der Waals surface area contributed by atoms with E-state index in [0.29, 0.717) is 48.1 Å². The molecule has 1 amide bonds. The summed E-state index contributed by atoms with van der Waals surface area (Å²) < 4.78 is 16.6. The van der Waals surface area contributed by atoms with Crippen LogP contribution in [-0.2, 0) is 9.59 Å². The smallest absolute Gasteiger partial charge is 0.295 e. The lowest BCUT2D eigenvalue weighted by atomic mass is 9.94. The Balaban J connectivity index is 2.11. The number of quaternary nitrogens is 1. The van der Waals surface area contributed by atoms with Gasteiger partial charge in [0, 0.05) is 11.1 Å². The zero-order chi connectivity index (χ0) is 25.5. The minimum atomic E-state index is -0.882. The molecule has 1 saturated heterocycles. The molecular weight excluding hydrogens is 448 g/mol. The summed E-state index contributed by atoms with van der Waals surface area (Å²) in [7, 11) is 6.97. The van der Waals surface area contributed by atoms with E-state index in [-0.39, 0.29) is 5.57 Å². The number of hydrogen-bond acceptors (Lipinski definition) is 6. The largest absolute Gasteiger partial charge is 0.872 e. The molecule has 188 valence electrons. The second kappa shape index (κ2) is 11.8. The highest BCUT2D eigenvalue weighted by Gasteiger charge is 2.45. The number of amides is 1. The number of ketones is 1. The quantitative estimate of drug-likeness (QED) is 0.224. The van der Waals surface area contributed by atoms with Crippen molar-refractivity contribution in [3.05, 3.63) is 59.2 Å². The van der Waals surface area contributed by atoms with Crippen molar-refractivity contribution in [1.82, 2.24) is 4.90 Å². The number of carbonyl (C=O) groups excluding carboxylic acids is 2. The van der Waals surface area contributed by atoms with E-state index in [9.17, 15) is 14.7 Å². The molecule has 0 radical (unpaired) electrons. The number of carbonyl (C=O) groups is 2. The van der Waals surface area contributed by atoms with Crippen LogP contribution >= 0.6 is 0 Å². The summed E-state index contributed by atoms with van der Waals surface area (Å²) in [4.78, 5) is 28.9. The number of rotatable bonds is 11. The van der Waals surface area contributed by atoms with Gasteiger partial charge in [0.1, 0.15) is 17.2 Å². The van der Waals surface area contributed by atoms with E-state index in [1.165, 1.54) is 19.1 Å². The summed E-state index contributed by atoms with van der Waals surface area (Å²) in [5.41, 5.74) is 0.758. The summed E-state index contributed by atoms with van der Waals surface area (Å²) >= 11 is 0. The van der Waals surface area contributed by atoms with Crippen molar-refractivity contribution < 1.29 is 33.8 Å². The monoisotopic (exact) mass is 482 g/mol. The predicted octanol–water partition coefficient (Wildman–Crippen LogP) is 1.25. The van der Waals surface area contributed by atoms with Crippen molar-refractivity contribution in [3.8, 4) is 17.2 Å². The van der Waals surface area contributed by atoms with E-state index in [4.69, 9.17) is 14.2 Å². The number of likely N-dealkylation sites (N-methyl/N-ethyl adjacent to an activating group) is 1. The molecular formula is C27H34N2O6. The molecule has 2 aromatic rings. The van der Waals surface area contributed by atoms with E-state index in [1.54, 1.807) is 42.5 Å². The number of methoxy groups -OCH3 is 2. The van der Waals surface area contributed by atoms with Gasteiger partial charge in [0.15, 0.2) is 0 Å². The third-order valence-corrected chi connectivity index (χ3v) is 6.00. The Morgan fingerprint density at radius 3 is 2.31 bits per heavy atom. The highest BCUT2D eigenvalue weighted by atomic mass is 16.5. The van der Waals surface area contributed by atoms with Gasteiger partial charge in [-0.25, -0.2) is 0 Å². The van der Waals surface area contributed by atoms with Gasteiger partial charge in [-0.3, -0.25) is 9.59 Å². The Bertz CT molecular complexity index is 1080. The van der Waals surface area contributed by atoms with Crippen LogP contribution in [0.25, 0.3) is 5.76 Å². The first kappa shape index (κ1) is 26.1. The molecule has 1 heterocycles. The minimum absolute atomic E-state index is 0.0880. The Morgan fingerprint density at radius 1 is 1.03 bits per heavy atom. The Kier molecular flexibility index (Phi) is 8.76. The number of ether oxygens (including phenoxy) is 3. The van der Waals surface area contributed by atoms with Gasteiger partial charge >= 0.3 is 0 Å². The van der Waals surface area contributed by atoms with Crippen molar-refractivity contribution in [1.29, 1.82) is 0 Å². The molecule has 35 heavy (non-hydrogen) atoms. The molecule has 1 aliphatic rings. The molecule has 0 spiro atoms. The molecule has 1 N–H and O–H groups in total. The van der Waals surface area contributed by atoms with Crippen molar-refractivity contribution >= 4 is 17.4 Å². The van der Waals surface area contributed by atoms with Crippen LogP contribution in [0.15, 0.2) is 48.0 Å². The first-order chi connectivity index (χ1) is 16.8. The normalized spacial score (nSPS) is 17.2. The van der Waals surface area contributed by atoms with E-state index < -0.39 is 23.5 Å². The fourth-order valence-corrected chi connectivity index (χ4v) is 4.01. The lowest BCUT2D eigenvalue weighted by molar-refractivity contribution is -0.857. The zero-order valence-electron chi connectivity index (χ0n) is 21.1. The molecule has 1 aliphatic heterocycles. The topological polar surface area (TPSA) is 92.6 Å². The van der Waals surface area contributed by atoms with Crippen molar-refractivity contribution in [3.63, 3.8) is 0 Å². The summed E-state index contributed by atoms with van der Waals surface area (Å²) in [5.74, 6) is -0.323. The summed E-state index contributed by atoms with van der Waals surface area (Å²) in [6.07, 6.45) is 1.95. The van der Waals surface area contributed by atoms with Gasteiger partial charge in [0.2, 0.25) is 5.78 Å². The SMILES string of the molecule is CCCCOc1ccc(/C([O-])=C2\C(=O)C(=O)N(CC[NH+](C)C)C2c2cc(OC)ccc2OC)cc1. The van der Waals surface area contributed by atoms with Crippen LogP contribution < -0.4 is 24.2 Å². The highest BCUT2D eigenvalue weighted by molar-refractivity contribution is 6.46. The number of hydrogen-bond donors (Lipinski definition) is 1. The molecule has 2 aromatic carbocycles. The maximum Gasteiger partial charge on any atom is 0.295 e. The summed E-state index contributed by atoms with van der Waals surface area (Å²) in [6, 6.07) is 10.9. The van der Waals surface area contributed by atoms with Crippen LogP contribution in [0.4, 0.5) is 0 Å². The molecule has 0 aliphatic carbocycles. The molecule has 0 saturated carbocycles. The lowest BCUT2D eigenvalue weighted by Gasteiger charge is -2.29. The van der Waals surface area contributed by atoms with Crippen LogP contribution in [0.5, 0.6) is 17.2 Å². The predicted molar refractivity (Wildman–Crippen MR) is 130 cm³/mol. The molecule has 8 nitrogen and oxygen atoms in total.